The Balaban J connectivity index is 1.30. The van der Waals surface area contributed by atoms with Gasteiger partial charge in [0.1, 0.15) is 5.69 Å². The molecule has 4 aromatic heterocycles. The van der Waals surface area contributed by atoms with E-state index in [0.717, 1.165) is 63.3 Å². The monoisotopic (exact) mass is 484 g/mol. The van der Waals surface area contributed by atoms with Gasteiger partial charge in [-0.3, -0.25) is 10.1 Å². The number of aromatic nitrogens is 6. The zero-order valence-corrected chi connectivity index (χ0v) is 20.0. The van der Waals surface area contributed by atoms with Crippen LogP contribution < -0.4 is 10.2 Å². The summed E-state index contributed by atoms with van der Waals surface area (Å²) in [5.41, 5.74) is 9.08. The van der Waals surface area contributed by atoms with Gasteiger partial charge >= 0.3 is 0 Å². The van der Waals surface area contributed by atoms with Crippen molar-refractivity contribution in [3.05, 3.63) is 85.5 Å². The number of hydrogen-bond acceptors (Lipinski definition) is 6. The molecular formula is C29H24N8. The van der Waals surface area contributed by atoms with Crippen molar-refractivity contribution in [2.24, 2.45) is 0 Å². The fourth-order valence-electron chi connectivity index (χ4n) is 6.01. The highest BCUT2D eigenvalue weighted by Gasteiger charge is 2.37. The zero-order valence-electron chi connectivity index (χ0n) is 20.0. The van der Waals surface area contributed by atoms with Gasteiger partial charge in [-0.1, -0.05) is 24.3 Å². The lowest BCUT2D eigenvalue weighted by atomic mass is 9.99. The third-order valence-electron chi connectivity index (χ3n) is 7.78. The average Bonchev–Trinajstić information content (AvgIpc) is 3.76. The first-order valence-corrected chi connectivity index (χ1v) is 12.6. The van der Waals surface area contributed by atoms with E-state index >= 15 is 0 Å². The first-order valence-electron chi connectivity index (χ1n) is 12.6. The predicted octanol–water partition coefficient (Wildman–Crippen LogP) is 4.55. The highest BCUT2D eigenvalue weighted by molar-refractivity contribution is 6.02. The topological polar surface area (TPSA) is 87.0 Å². The lowest BCUT2D eigenvalue weighted by Crippen LogP contribution is -2.43. The fraction of sp³-hybridized carbons (Fsp3) is 0.172. The fourth-order valence-corrected chi connectivity index (χ4v) is 6.01. The maximum absolute atomic E-state index is 5.13. The molecule has 37 heavy (non-hydrogen) atoms. The molecule has 2 fully saturated rings. The Morgan fingerprint density at radius 2 is 1.78 bits per heavy atom. The van der Waals surface area contributed by atoms with Gasteiger partial charge in [0.25, 0.3) is 0 Å². The predicted molar refractivity (Wildman–Crippen MR) is 144 cm³/mol. The Hall–Kier alpha value is -4.56. The molecule has 2 saturated heterocycles. The molecule has 0 radical (unpaired) electrons. The number of anilines is 1. The maximum Gasteiger partial charge on any atom is 0.164 e. The van der Waals surface area contributed by atoms with Gasteiger partial charge in [-0.15, -0.1) is 0 Å². The third kappa shape index (κ3) is 3.19. The molecule has 0 amide bonds. The summed E-state index contributed by atoms with van der Waals surface area (Å²) in [6, 6.07) is 22.3. The third-order valence-corrected chi connectivity index (χ3v) is 7.78. The van der Waals surface area contributed by atoms with E-state index in [-0.39, 0.29) is 0 Å². The lowest BCUT2D eigenvalue weighted by molar-refractivity contribution is 0.580. The van der Waals surface area contributed by atoms with Crippen LogP contribution in [-0.4, -0.2) is 55.0 Å². The minimum absolute atomic E-state index is 0.603. The van der Waals surface area contributed by atoms with Gasteiger partial charge < -0.3 is 10.2 Å². The summed E-state index contributed by atoms with van der Waals surface area (Å²) < 4.78 is 1.97. The summed E-state index contributed by atoms with van der Waals surface area (Å²) >= 11 is 0. The number of aromatic amines is 1. The molecular weight excluding hydrogens is 460 g/mol. The van der Waals surface area contributed by atoms with Gasteiger partial charge in [0.2, 0.25) is 0 Å². The van der Waals surface area contributed by atoms with Crippen molar-refractivity contribution in [3.8, 4) is 33.6 Å². The number of piperazine rings is 1. The first-order chi connectivity index (χ1) is 18.3. The first kappa shape index (κ1) is 20.6. The number of benzene rings is 2. The van der Waals surface area contributed by atoms with Gasteiger partial charge in [0.05, 0.1) is 23.0 Å². The summed E-state index contributed by atoms with van der Waals surface area (Å²) in [6.07, 6.45) is 8.59. The number of nitrogens with one attached hydrogen (secondary N) is 2. The molecule has 8 heteroatoms. The molecule has 2 aliphatic rings. The van der Waals surface area contributed by atoms with Crippen molar-refractivity contribution < 1.29 is 0 Å². The maximum atomic E-state index is 5.13. The van der Waals surface area contributed by atoms with E-state index in [1.54, 1.807) is 12.4 Å². The summed E-state index contributed by atoms with van der Waals surface area (Å²) in [4.78, 5) is 11.6. The molecule has 0 unspecified atom stereocenters. The Morgan fingerprint density at radius 1 is 0.892 bits per heavy atom. The minimum atomic E-state index is 0.603. The Labute approximate surface area is 213 Å². The van der Waals surface area contributed by atoms with Crippen molar-refractivity contribution in [2.75, 3.05) is 18.0 Å². The van der Waals surface area contributed by atoms with Crippen LogP contribution in [0.4, 0.5) is 5.69 Å². The molecule has 0 saturated carbocycles. The molecule has 0 spiro atoms. The van der Waals surface area contributed by atoms with Gasteiger partial charge in [0.15, 0.2) is 5.65 Å². The van der Waals surface area contributed by atoms with E-state index in [0.29, 0.717) is 12.1 Å². The van der Waals surface area contributed by atoms with Crippen molar-refractivity contribution in [2.45, 2.75) is 18.5 Å². The quantitative estimate of drug-likeness (QED) is 0.382. The van der Waals surface area contributed by atoms with Crippen LogP contribution in [0.5, 0.6) is 0 Å². The SMILES string of the molecule is c1cc(-c2c(-c3ccncc3)nn3c(-c4ccc(N5C[C@@H]6C[C@H]5CN6)cc4)ccnc23)c2cn[nH]c2c1. The van der Waals surface area contributed by atoms with Crippen LogP contribution in [0.2, 0.25) is 0 Å². The zero-order chi connectivity index (χ0) is 24.3. The van der Waals surface area contributed by atoms with Crippen molar-refractivity contribution in [1.29, 1.82) is 0 Å². The van der Waals surface area contributed by atoms with E-state index in [1.807, 2.05) is 47.2 Å². The molecule has 2 aromatic carbocycles. The Morgan fingerprint density at radius 3 is 2.59 bits per heavy atom. The number of rotatable bonds is 4. The smallest absolute Gasteiger partial charge is 0.164 e. The van der Waals surface area contributed by atoms with Gasteiger partial charge in [-0.05, 0) is 48.4 Å². The summed E-state index contributed by atoms with van der Waals surface area (Å²) in [7, 11) is 0. The summed E-state index contributed by atoms with van der Waals surface area (Å²) in [6.45, 7) is 2.16. The molecule has 8 nitrogen and oxygen atoms in total. The van der Waals surface area contributed by atoms with Crippen LogP contribution in [0.25, 0.3) is 50.2 Å². The second kappa shape index (κ2) is 7.97. The second-order valence-electron chi connectivity index (χ2n) is 9.86. The number of H-pyrrole nitrogens is 1. The summed E-state index contributed by atoms with van der Waals surface area (Å²) in [5.74, 6) is 0. The van der Waals surface area contributed by atoms with Crippen LogP contribution in [0.1, 0.15) is 6.42 Å². The highest BCUT2D eigenvalue weighted by atomic mass is 15.3. The largest absolute Gasteiger partial charge is 0.366 e. The summed E-state index contributed by atoms with van der Waals surface area (Å²) in [5, 5.41) is 17.1. The second-order valence-corrected chi connectivity index (χ2v) is 9.86. The normalized spacial score (nSPS) is 18.9. The van der Waals surface area contributed by atoms with Crippen LogP contribution in [0, 0.1) is 0 Å². The van der Waals surface area contributed by atoms with Gasteiger partial charge in [0, 0.05) is 66.0 Å². The number of fused-ring (bicyclic) bond motifs is 4. The van der Waals surface area contributed by atoms with Crippen molar-refractivity contribution in [3.63, 3.8) is 0 Å². The average molecular weight is 485 g/mol. The molecule has 2 bridgehead atoms. The highest BCUT2D eigenvalue weighted by Crippen LogP contribution is 2.39. The van der Waals surface area contributed by atoms with E-state index in [2.05, 4.69) is 55.7 Å². The van der Waals surface area contributed by atoms with E-state index < -0.39 is 0 Å². The Kier molecular flexibility index (Phi) is 4.44. The lowest BCUT2D eigenvalue weighted by Gasteiger charge is -2.29. The van der Waals surface area contributed by atoms with Crippen molar-refractivity contribution in [1.82, 2.24) is 35.1 Å². The van der Waals surface area contributed by atoms with Crippen LogP contribution in [0.15, 0.2) is 85.5 Å². The Bertz CT molecular complexity index is 1750. The minimum Gasteiger partial charge on any atom is -0.366 e. The number of nitrogens with zero attached hydrogens (tertiary/aromatic N) is 6. The van der Waals surface area contributed by atoms with E-state index in [4.69, 9.17) is 10.1 Å². The molecule has 2 aliphatic heterocycles. The number of hydrogen-bond donors (Lipinski definition) is 2. The molecule has 6 aromatic rings. The molecule has 180 valence electrons. The van der Waals surface area contributed by atoms with Gasteiger partial charge in [-0.25, -0.2) is 9.50 Å². The molecule has 0 aliphatic carbocycles. The van der Waals surface area contributed by atoms with Crippen LogP contribution >= 0.6 is 0 Å². The molecule has 6 heterocycles. The van der Waals surface area contributed by atoms with E-state index in [9.17, 15) is 0 Å². The van der Waals surface area contributed by atoms with Crippen LogP contribution in [-0.2, 0) is 0 Å². The molecule has 2 atom stereocenters. The molecule has 2 N–H and O–H groups in total. The van der Waals surface area contributed by atoms with Crippen molar-refractivity contribution >= 4 is 22.2 Å². The molecule has 8 rings (SSSR count). The van der Waals surface area contributed by atoms with E-state index in [1.165, 1.54) is 12.1 Å². The van der Waals surface area contributed by atoms with Gasteiger partial charge in [-0.2, -0.15) is 10.2 Å². The standard InChI is InChI=1S/C29H24N8/c1-2-23(24-16-33-34-25(24)3-1)27-28(19-8-11-30-12-9-19)35-37-26(10-13-31-29(27)37)18-4-6-21(7-5-18)36-17-20-14-22(36)15-32-20/h1-13,16,20,22,32H,14-15,17H2,(H,33,34)/t20-,22-/m0/s1. The van der Waals surface area contributed by atoms with Crippen LogP contribution in [0.3, 0.4) is 0 Å². The number of pyridine rings is 1.